The number of ketones is 1. The molecule has 50 heavy (non-hydrogen) atoms. The third kappa shape index (κ3) is 7.30. The van der Waals surface area contributed by atoms with Crippen LogP contribution in [0.1, 0.15) is 103 Å². The van der Waals surface area contributed by atoms with Crippen LogP contribution in [0.3, 0.4) is 0 Å². The van der Waals surface area contributed by atoms with Gasteiger partial charge in [0.25, 0.3) is 0 Å². The molecule has 0 aromatic heterocycles. The molecule has 10 bridgehead atoms. The number of nitrogens with two attached hydrogens (primary N) is 1. The number of ether oxygens (including phenoxy) is 7. The molecule has 17 atom stereocenters. The zero-order chi connectivity index (χ0) is 34.7. The summed E-state index contributed by atoms with van der Waals surface area (Å²) in [7, 11) is 0. The van der Waals surface area contributed by atoms with Crippen molar-refractivity contribution >= 4 is 5.78 Å². The molecule has 0 amide bonds. The van der Waals surface area contributed by atoms with Gasteiger partial charge < -0.3 is 49.1 Å². The SMILES string of the molecule is C=C1CC2CC[C@]34C[C@@H](O)C(O3)C3CC(O4)C4OC(CC[C@@H]4O3)CC(=O)CC3C[C@@H](CC(O)CN)O[C@H]3CC3OC(CCC1O2)C[C@@H](C)C3=C. The summed E-state index contributed by atoms with van der Waals surface area (Å²) in [5, 5.41) is 21.5. The number of fused-ring (bicyclic) bond motifs is 9. The van der Waals surface area contributed by atoms with Crippen molar-refractivity contribution in [1.82, 2.24) is 0 Å². The lowest BCUT2D eigenvalue weighted by Crippen LogP contribution is -2.58. The minimum absolute atomic E-state index is 0.00819. The summed E-state index contributed by atoms with van der Waals surface area (Å²) >= 11 is 0. The second kappa shape index (κ2) is 14.5. The first kappa shape index (κ1) is 35.8. The summed E-state index contributed by atoms with van der Waals surface area (Å²) in [6, 6.07) is 0. The molecule has 280 valence electrons. The molecular weight excluding hydrogens is 642 g/mol. The van der Waals surface area contributed by atoms with E-state index in [4.69, 9.17) is 38.9 Å². The van der Waals surface area contributed by atoms with Crippen molar-refractivity contribution in [2.45, 2.75) is 194 Å². The van der Waals surface area contributed by atoms with E-state index in [9.17, 15) is 15.0 Å². The average molecular weight is 702 g/mol. The summed E-state index contributed by atoms with van der Waals surface area (Å²) in [6.45, 7) is 11.3. The van der Waals surface area contributed by atoms with Crippen molar-refractivity contribution in [1.29, 1.82) is 0 Å². The van der Waals surface area contributed by atoms with Gasteiger partial charge in [-0.2, -0.15) is 0 Å². The van der Waals surface area contributed by atoms with Crippen LogP contribution in [-0.4, -0.2) is 114 Å². The largest absolute Gasteiger partial charge is 0.392 e. The Hall–Kier alpha value is -1.25. The Morgan fingerprint density at radius 1 is 0.800 bits per heavy atom. The van der Waals surface area contributed by atoms with Gasteiger partial charge in [0.15, 0.2) is 5.79 Å². The minimum Gasteiger partial charge on any atom is -0.392 e. The highest BCUT2D eigenvalue weighted by Gasteiger charge is 2.59. The van der Waals surface area contributed by atoms with Gasteiger partial charge in [-0.1, -0.05) is 20.1 Å². The Kier molecular flexibility index (Phi) is 10.4. The lowest BCUT2D eigenvalue weighted by atomic mass is 9.82. The fraction of sp³-hybridized carbons (Fsp3) is 0.872. The molecule has 11 nitrogen and oxygen atoms in total. The molecular formula is C39H59NO10. The smallest absolute Gasteiger partial charge is 0.172 e. The van der Waals surface area contributed by atoms with E-state index in [1.165, 1.54) is 0 Å². The summed E-state index contributed by atoms with van der Waals surface area (Å²) < 4.78 is 46.7. The summed E-state index contributed by atoms with van der Waals surface area (Å²) in [4.78, 5) is 13.8. The van der Waals surface area contributed by atoms with Crippen molar-refractivity contribution in [3.8, 4) is 0 Å². The Balaban J connectivity index is 1.04. The summed E-state index contributed by atoms with van der Waals surface area (Å²) in [5.41, 5.74) is 7.96. The zero-order valence-electron chi connectivity index (χ0n) is 29.7. The van der Waals surface area contributed by atoms with Crippen molar-refractivity contribution in [2.75, 3.05) is 6.54 Å². The van der Waals surface area contributed by atoms with Gasteiger partial charge in [0.1, 0.15) is 18.0 Å². The number of carbonyl (C=O) groups is 1. The lowest BCUT2D eigenvalue weighted by molar-refractivity contribution is -0.277. The van der Waals surface area contributed by atoms with E-state index in [0.717, 1.165) is 56.1 Å². The molecule has 0 aromatic carbocycles. The Morgan fingerprint density at radius 3 is 2.44 bits per heavy atom. The van der Waals surface area contributed by atoms with Crippen LogP contribution >= 0.6 is 0 Å². The van der Waals surface area contributed by atoms with Crippen LogP contribution in [-0.2, 0) is 38.0 Å². The van der Waals surface area contributed by atoms with Crippen molar-refractivity contribution in [2.24, 2.45) is 17.6 Å². The second-order valence-electron chi connectivity index (χ2n) is 17.0. The molecule has 8 saturated heterocycles. The topological polar surface area (TPSA) is 148 Å². The van der Waals surface area contributed by atoms with Crippen LogP contribution in [0.2, 0.25) is 0 Å². The second-order valence-corrected chi connectivity index (χ2v) is 17.0. The van der Waals surface area contributed by atoms with Crippen LogP contribution < -0.4 is 5.73 Å². The third-order valence-electron chi connectivity index (χ3n) is 13.2. The van der Waals surface area contributed by atoms with Crippen molar-refractivity contribution in [3.05, 3.63) is 24.3 Å². The highest BCUT2D eigenvalue weighted by Crippen LogP contribution is 2.49. The van der Waals surface area contributed by atoms with Gasteiger partial charge >= 0.3 is 0 Å². The third-order valence-corrected chi connectivity index (χ3v) is 13.2. The molecule has 0 saturated carbocycles. The van der Waals surface area contributed by atoms with Gasteiger partial charge in [0, 0.05) is 51.5 Å². The molecule has 1 spiro atoms. The quantitative estimate of drug-likeness (QED) is 0.369. The van der Waals surface area contributed by atoms with E-state index in [1.807, 2.05) is 0 Å². The molecule has 11 unspecified atom stereocenters. The summed E-state index contributed by atoms with van der Waals surface area (Å²) in [5.74, 6) is -0.449. The van der Waals surface area contributed by atoms with Crippen molar-refractivity contribution in [3.63, 3.8) is 0 Å². The van der Waals surface area contributed by atoms with E-state index < -0.39 is 24.1 Å². The maximum atomic E-state index is 13.8. The normalized spacial score (nSPS) is 50.4. The predicted octanol–water partition coefficient (Wildman–Crippen LogP) is 3.80. The van der Waals surface area contributed by atoms with Crippen LogP contribution in [0.5, 0.6) is 0 Å². The monoisotopic (exact) mass is 701 g/mol. The number of aliphatic hydroxyl groups excluding tert-OH is 2. The first-order chi connectivity index (χ1) is 24.0. The average Bonchev–Trinajstić information content (AvgIpc) is 3.71. The first-order valence-electron chi connectivity index (χ1n) is 19.6. The number of Topliss-reactive ketones (excluding diaryl/α,β-unsaturated/α-hetero) is 1. The van der Waals surface area contributed by atoms with Crippen molar-refractivity contribution < 1.29 is 48.2 Å². The number of hydrogen-bond acceptors (Lipinski definition) is 11. The molecule has 8 fully saturated rings. The lowest BCUT2D eigenvalue weighted by Gasteiger charge is -2.47. The maximum Gasteiger partial charge on any atom is 0.172 e. The standard InChI is InChI=1S/C39H59NO10/c1-20-10-26-4-6-31-21(2)11-28(44-31)8-9-39-18-30(43)37(50-39)35-17-36(49-39)38-32(48-35)7-5-27(47-38)14-24(41)12-23-13-29(15-25(42)19-40)46-34(23)16-33(45-26)22(20)3/h20,23,25-38,42-43H,2-19,40H2,1H3/t20-,23?,25?,26?,27?,28?,29+,30-,31?,32+,33?,34+,35?,36?,37?,38?,39-/m1/s1. The highest BCUT2D eigenvalue weighted by molar-refractivity contribution is 5.79. The maximum absolute atomic E-state index is 13.8. The number of hydrogen-bond donors (Lipinski definition) is 3. The first-order valence-corrected chi connectivity index (χ1v) is 19.6. The fourth-order valence-electron chi connectivity index (χ4n) is 10.5. The molecule has 8 aliphatic rings. The summed E-state index contributed by atoms with van der Waals surface area (Å²) in [6.07, 6.45) is 6.38. The van der Waals surface area contributed by atoms with Crippen LogP contribution in [0.25, 0.3) is 0 Å². The van der Waals surface area contributed by atoms with E-state index in [1.54, 1.807) is 0 Å². The van der Waals surface area contributed by atoms with Gasteiger partial charge in [-0.15, -0.1) is 0 Å². The Morgan fingerprint density at radius 2 is 1.60 bits per heavy atom. The molecule has 11 heteroatoms. The Labute approximate surface area is 296 Å². The van der Waals surface area contributed by atoms with E-state index in [-0.39, 0.29) is 85.4 Å². The highest BCUT2D eigenvalue weighted by atomic mass is 16.7. The molecule has 4 N–H and O–H groups in total. The van der Waals surface area contributed by atoms with E-state index >= 15 is 0 Å². The van der Waals surface area contributed by atoms with E-state index in [2.05, 4.69) is 20.1 Å². The molecule has 8 heterocycles. The van der Waals surface area contributed by atoms with Crippen LogP contribution in [0.4, 0.5) is 0 Å². The number of carbonyl (C=O) groups excluding carboxylic acids is 1. The molecule has 8 aliphatic heterocycles. The van der Waals surface area contributed by atoms with Gasteiger partial charge in [0.2, 0.25) is 0 Å². The van der Waals surface area contributed by atoms with Gasteiger partial charge in [-0.05, 0) is 74.3 Å². The number of aliphatic hydroxyl groups is 2. The molecule has 0 radical (unpaired) electrons. The number of rotatable bonds is 3. The Bertz CT molecular complexity index is 1280. The molecule has 0 aromatic rings. The van der Waals surface area contributed by atoms with Gasteiger partial charge in [-0.3, -0.25) is 4.79 Å². The van der Waals surface area contributed by atoms with Gasteiger partial charge in [-0.25, -0.2) is 0 Å². The molecule has 0 aliphatic carbocycles. The van der Waals surface area contributed by atoms with Crippen LogP contribution in [0.15, 0.2) is 24.3 Å². The minimum atomic E-state index is -0.928. The molecule has 8 rings (SSSR count). The van der Waals surface area contributed by atoms with Crippen LogP contribution in [0, 0.1) is 11.8 Å². The predicted molar refractivity (Wildman–Crippen MR) is 182 cm³/mol. The fourth-order valence-corrected chi connectivity index (χ4v) is 10.5. The van der Waals surface area contributed by atoms with Gasteiger partial charge in [0.05, 0.1) is 73.2 Å². The zero-order valence-corrected chi connectivity index (χ0v) is 29.7. The van der Waals surface area contributed by atoms with E-state index in [0.29, 0.717) is 57.3 Å².